The van der Waals surface area contributed by atoms with Gasteiger partial charge in [-0.05, 0) is 41.8 Å². The van der Waals surface area contributed by atoms with Gasteiger partial charge in [0.15, 0.2) is 17.2 Å². The third-order valence-corrected chi connectivity index (χ3v) is 6.25. The smallest absolute Gasteiger partial charge is 0.416 e. The van der Waals surface area contributed by atoms with Crippen LogP contribution in [0.3, 0.4) is 0 Å². The fraction of sp³-hybridized carbons (Fsp3) is 0.346. The molecular formula is C26H27F3N4O4. The maximum absolute atomic E-state index is 13.0. The van der Waals surface area contributed by atoms with Gasteiger partial charge in [0.25, 0.3) is 11.8 Å². The van der Waals surface area contributed by atoms with Crippen LogP contribution in [0, 0.1) is 0 Å². The van der Waals surface area contributed by atoms with Crippen LogP contribution in [0.5, 0.6) is 11.5 Å². The van der Waals surface area contributed by atoms with Crippen molar-refractivity contribution in [2.45, 2.75) is 25.7 Å². The lowest BCUT2D eigenvalue weighted by Gasteiger charge is -2.27. The number of ether oxygens (including phenoxy) is 2. The number of rotatable bonds is 8. The van der Waals surface area contributed by atoms with Crippen LogP contribution in [0.25, 0.3) is 0 Å². The first-order valence-electron chi connectivity index (χ1n) is 11.6. The van der Waals surface area contributed by atoms with Gasteiger partial charge in [-0.3, -0.25) is 14.3 Å². The van der Waals surface area contributed by atoms with Gasteiger partial charge in [-0.2, -0.15) is 18.3 Å². The summed E-state index contributed by atoms with van der Waals surface area (Å²) in [4.78, 5) is 29.0. The third-order valence-electron chi connectivity index (χ3n) is 6.25. The second kappa shape index (κ2) is 10.5. The minimum Gasteiger partial charge on any atom is -0.493 e. The van der Waals surface area contributed by atoms with Crippen molar-refractivity contribution in [2.24, 2.45) is 0 Å². The quantitative estimate of drug-likeness (QED) is 0.454. The van der Waals surface area contributed by atoms with Gasteiger partial charge >= 0.3 is 6.18 Å². The molecule has 2 amide bonds. The number of fused-ring (bicyclic) bond motifs is 1. The van der Waals surface area contributed by atoms with E-state index >= 15 is 0 Å². The van der Waals surface area contributed by atoms with Crippen molar-refractivity contribution in [1.82, 2.24) is 19.6 Å². The highest BCUT2D eigenvalue weighted by molar-refractivity contribution is 5.98. The molecule has 8 nitrogen and oxygen atoms in total. The number of hydrogen-bond acceptors (Lipinski definition) is 5. The molecule has 0 aliphatic carbocycles. The number of aromatic nitrogens is 2. The van der Waals surface area contributed by atoms with E-state index in [1.54, 1.807) is 33.4 Å². The Morgan fingerprint density at radius 2 is 1.78 bits per heavy atom. The van der Waals surface area contributed by atoms with Crippen LogP contribution in [-0.4, -0.2) is 65.8 Å². The molecule has 4 rings (SSSR count). The van der Waals surface area contributed by atoms with Gasteiger partial charge in [0.2, 0.25) is 0 Å². The Hall–Kier alpha value is -4.02. The second-order valence-electron chi connectivity index (χ2n) is 8.73. The molecule has 0 atom stereocenters. The standard InChI is InChI=1S/C26H27F3N4O4/c1-31(10-9-17-7-8-22(36-2)23(14-17)37-3)24(34)20-15-21-25(35)32(11-12-33(21)30-20)16-18-5-4-6-19(13-18)26(27,28)29/h4-8,13-15H,9-12,16H2,1-3H3. The number of benzene rings is 2. The largest absolute Gasteiger partial charge is 0.493 e. The number of likely N-dealkylation sites (N-methyl/N-ethyl adjacent to an activating group) is 1. The van der Waals surface area contributed by atoms with Crippen molar-refractivity contribution in [3.8, 4) is 11.5 Å². The van der Waals surface area contributed by atoms with Crippen LogP contribution >= 0.6 is 0 Å². The van der Waals surface area contributed by atoms with Crippen LogP contribution < -0.4 is 9.47 Å². The number of methoxy groups -OCH3 is 2. The van der Waals surface area contributed by atoms with Gasteiger partial charge in [0.05, 0.1) is 26.3 Å². The van der Waals surface area contributed by atoms with Crippen LogP contribution in [-0.2, 0) is 25.7 Å². The average Bonchev–Trinajstić information content (AvgIpc) is 3.33. The van der Waals surface area contributed by atoms with E-state index in [4.69, 9.17) is 9.47 Å². The topological polar surface area (TPSA) is 76.9 Å². The molecule has 0 radical (unpaired) electrons. The van der Waals surface area contributed by atoms with Crippen molar-refractivity contribution in [1.29, 1.82) is 0 Å². The monoisotopic (exact) mass is 516 g/mol. The van der Waals surface area contributed by atoms with E-state index in [1.165, 1.54) is 26.6 Å². The molecule has 196 valence electrons. The Kier molecular flexibility index (Phi) is 7.42. The van der Waals surface area contributed by atoms with Gasteiger partial charge in [0, 0.05) is 32.7 Å². The minimum absolute atomic E-state index is 0.0302. The Bertz CT molecular complexity index is 1310. The molecule has 0 spiro atoms. The zero-order chi connectivity index (χ0) is 26.7. The summed E-state index contributed by atoms with van der Waals surface area (Å²) < 4.78 is 51.2. The van der Waals surface area contributed by atoms with Crippen molar-refractivity contribution in [3.05, 3.63) is 76.6 Å². The lowest BCUT2D eigenvalue weighted by molar-refractivity contribution is -0.137. The molecule has 37 heavy (non-hydrogen) atoms. The third kappa shape index (κ3) is 5.71. The van der Waals surface area contributed by atoms with Crippen molar-refractivity contribution in [2.75, 3.05) is 34.4 Å². The summed E-state index contributed by atoms with van der Waals surface area (Å²) in [6.07, 6.45) is -3.89. The van der Waals surface area contributed by atoms with Gasteiger partial charge in [-0.1, -0.05) is 18.2 Å². The summed E-state index contributed by atoms with van der Waals surface area (Å²) >= 11 is 0. The number of halogens is 3. The summed E-state index contributed by atoms with van der Waals surface area (Å²) in [6, 6.07) is 11.9. The predicted octanol–water partition coefficient (Wildman–Crippen LogP) is 3.89. The summed E-state index contributed by atoms with van der Waals surface area (Å²) in [6.45, 7) is 1.05. The van der Waals surface area contributed by atoms with Crippen LogP contribution in [0.1, 0.15) is 37.7 Å². The molecule has 3 aromatic rings. The molecule has 1 aromatic heterocycles. The molecule has 1 aliphatic heterocycles. The van der Waals surface area contributed by atoms with Gasteiger partial charge in [0.1, 0.15) is 5.69 Å². The number of hydrogen-bond donors (Lipinski definition) is 0. The molecule has 0 unspecified atom stereocenters. The second-order valence-corrected chi connectivity index (χ2v) is 8.73. The lowest BCUT2D eigenvalue weighted by Crippen LogP contribution is -2.39. The molecule has 0 N–H and O–H groups in total. The van der Waals surface area contributed by atoms with E-state index in [2.05, 4.69) is 5.10 Å². The summed E-state index contributed by atoms with van der Waals surface area (Å²) in [7, 11) is 4.77. The van der Waals surface area contributed by atoms with Crippen LogP contribution in [0.4, 0.5) is 13.2 Å². The number of nitrogens with zero attached hydrogens (tertiary/aromatic N) is 4. The highest BCUT2D eigenvalue weighted by Crippen LogP contribution is 2.30. The highest BCUT2D eigenvalue weighted by atomic mass is 19.4. The summed E-state index contributed by atoms with van der Waals surface area (Å²) in [5.74, 6) is 0.498. The summed E-state index contributed by atoms with van der Waals surface area (Å²) in [5.41, 5.74) is 0.946. The maximum Gasteiger partial charge on any atom is 0.416 e. The summed E-state index contributed by atoms with van der Waals surface area (Å²) in [5, 5.41) is 4.31. The zero-order valence-electron chi connectivity index (χ0n) is 20.7. The highest BCUT2D eigenvalue weighted by Gasteiger charge is 2.32. The van der Waals surface area contributed by atoms with Crippen molar-refractivity contribution < 1.29 is 32.2 Å². The molecule has 0 saturated heterocycles. The van der Waals surface area contributed by atoms with Crippen molar-refractivity contribution >= 4 is 11.8 Å². The fourth-order valence-electron chi connectivity index (χ4n) is 4.19. The average molecular weight is 517 g/mol. The maximum atomic E-state index is 13.0. The van der Waals surface area contributed by atoms with E-state index in [-0.39, 0.29) is 36.3 Å². The Morgan fingerprint density at radius 1 is 1.03 bits per heavy atom. The van der Waals surface area contributed by atoms with E-state index in [1.807, 2.05) is 12.1 Å². The van der Waals surface area contributed by atoms with E-state index in [9.17, 15) is 22.8 Å². The SMILES string of the molecule is COc1ccc(CCN(C)C(=O)c2cc3n(n2)CCN(Cc2cccc(C(F)(F)F)c2)C3=O)cc1OC. The molecule has 1 aliphatic rings. The van der Waals surface area contributed by atoms with Crippen molar-refractivity contribution in [3.63, 3.8) is 0 Å². The fourth-order valence-corrected chi connectivity index (χ4v) is 4.19. The zero-order valence-corrected chi connectivity index (χ0v) is 20.7. The molecule has 2 heterocycles. The van der Waals surface area contributed by atoms with Gasteiger partial charge in [-0.15, -0.1) is 0 Å². The first kappa shape index (κ1) is 26.1. The lowest BCUT2D eigenvalue weighted by atomic mass is 10.1. The molecule has 11 heteroatoms. The first-order valence-corrected chi connectivity index (χ1v) is 11.6. The van der Waals surface area contributed by atoms with Gasteiger partial charge < -0.3 is 19.3 Å². The van der Waals surface area contributed by atoms with E-state index in [0.29, 0.717) is 36.6 Å². The number of alkyl halides is 3. The normalized spacial score (nSPS) is 13.4. The molecular weight excluding hydrogens is 489 g/mol. The first-order chi connectivity index (χ1) is 17.6. The molecule has 0 saturated carbocycles. The predicted molar refractivity (Wildman–Crippen MR) is 129 cm³/mol. The van der Waals surface area contributed by atoms with Crippen LogP contribution in [0.2, 0.25) is 0 Å². The van der Waals surface area contributed by atoms with Crippen LogP contribution in [0.15, 0.2) is 48.5 Å². The minimum atomic E-state index is -4.46. The van der Waals surface area contributed by atoms with E-state index in [0.717, 1.165) is 17.7 Å². The molecule has 2 aromatic carbocycles. The number of carbonyl (C=O) groups is 2. The van der Waals surface area contributed by atoms with E-state index < -0.39 is 11.7 Å². The molecule has 0 fully saturated rings. The number of amides is 2. The number of carbonyl (C=O) groups excluding carboxylic acids is 2. The molecule has 0 bridgehead atoms. The Morgan fingerprint density at radius 3 is 2.49 bits per heavy atom. The van der Waals surface area contributed by atoms with Gasteiger partial charge in [-0.25, -0.2) is 0 Å². The Balaban J connectivity index is 1.41. The Labute approximate surface area is 212 Å².